The van der Waals surface area contributed by atoms with Crippen LogP contribution in [-0.2, 0) is 25.5 Å². The van der Waals surface area contributed by atoms with Crippen molar-refractivity contribution >= 4 is 23.7 Å². The maximum Gasteiger partial charge on any atom is 0.410 e. The number of likely N-dealkylation sites (tertiary alicyclic amines) is 1. The van der Waals surface area contributed by atoms with Crippen molar-refractivity contribution in [3.8, 4) is 0 Å². The number of ether oxygens (including phenoxy) is 2. The van der Waals surface area contributed by atoms with Crippen LogP contribution in [0, 0.1) is 5.92 Å². The molecular formula is C21H30N2O5. The first-order chi connectivity index (χ1) is 13.2. The molecule has 2 amide bonds. The molecule has 0 bridgehead atoms. The molecule has 1 heterocycles. The van der Waals surface area contributed by atoms with Gasteiger partial charge in [-0.3, -0.25) is 9.59 Å². The van der Waals surface area contributed by atoms with Crippen LogP contribution in [0.5, 0.6) is 0 Å². The first-order valence-electron chi connectivity index (χ1n) is 9.71. The van der Waals surface area contributed by atoms with Gasteiger partial charge >= 0.3 is 12.1 Å². The summed E-state index contributed by atoms with van der Waals surface area (Å²) in [4.78, 5) is 37.9. The molecule has 0 spiro atoms. The fourth-order valence-electron chi connectivity index (χ4n) is 2.94. The molecular weight excluding hydrogens is 360 g/mol. The number of piperidine rings is 1. The average molecular weight is 390 g/mol. The lowest BCUT2D eigenvalue weighted by Gasteiger charge is -2.32. The van der Waals surface area contributed by atoms with Gasteiger partial charge in [0, 0.05) is 18.8 Å². The Kier molecular flexibility index (Phi) is 7.43. The van der Waals surface area contributed by atoms with Crippen molar-refractivity contribution < 1.29 is 23.9 Å². The molecule has 7 heteroatoms. The number of rotatable bonds is 5. The zero-order chi connectivity index (χ0) is 20.7. The van der Waals surface area contributed by atoms with Crippen LogP contribution >= 0.6 is 0 Å². The summed E-state index contributed by atoms with van der Waals surface area (Å²) in [5, 5.41) is 2.73. The molecule has 1 aromatic carbocycles. The molecule has 28 heavy (non-hydrogen) atoms. The third-order valence-corrected chi connectivity index (χ3v) is 4.44. The maximum absolute atomic E-state index is 12.2. The van der Waals surface area contributed by atoms with Crippen LogP contribution in [0.25, 0.3) is 0 Å². The second-order valence-corrected chi connectivity index (χ2v) is 7.95. The maximum atomic E-state index is 12.2. The number of benzene rings is 1. The second-order valence-electron chi connectivity index (χ2n) is 7.95. The van der Waals surface area contributed by atoms with Crippen molar-refractivity contribution in [2.75, 3.05) is 25.0 Å². The Balaban J connectivity index is 1.73. The van der Waals surface area contributed by atoms with E-state index in [9.17, 15) is 14.4 Å². The Hall–Kier alpha value is -2.57. The molecule has 1 fully saturated rings. The van der Waals surface area contributed by atoms with Gasteiger partial charge in [-0.1, -0.05) is 19.1 Å². The number of carbonyl (C=O) groups excluding carboxylic acids is 3. The van der Waals surface area contributed by atoms with Gasteiger partial charge in [0.15, 0.2) is 6.61 Å². The zero-order valence-electron chi connectivity index (χ0n) is 17.1. The van der Waals surface area contributed by atoms with E-state index in [1.165, 1.54) is 0 Å². The SMILES string of the molecule is CCc1cccc(NC(=O)COC(=O)C2CCN(C(=O)OC(C)(C)C)CC2)c1. The first-order valence-corrected chi connectivity index (χ1v) is 9.71. The highest BCUT2D eigenvalue weighted by Gasteiger charge is 2.30. The highest BCUT2D eigenvalue weighted by molar-refractivity contribution is 5.93. The number of nitrogens with zero attached hydrogens (tertiary/aromatic N) is 1. The van der Waals surface area contributed by atoms with Gasteiger partial charge in [-0.2, -0.15) is 0 Å². The van der Waals surface area contributed by atoms with Gasteiger partial charge in [0.2, 0.25) is 0 Å². The first kappa shape index (κ1) is 21.7. The van der Waals surface area contributed by atoms with Crippen molar-refractivity contribution in [2.45, 2.75) is 52.6 Å². The summed E-state index contributed by atoms with van der Waals surface area (Å²) < 4.78 is 10.5. The monoisotopic (exact) mass is 390 g/mol. The van der Waals surface area contributed by atoms with E-state index in [-0.39, 0.29) is 24.5 Å². The van der Waals surface area contributed by atoms with E-state index in [1.54, 1.807) is 11.0 Å². The zero-order valence-corrected chi connectivity index (χ0v) is 17.1. The van der Waals surface area contributed by atoms with Gasteiger partial charge in [0.25, 0.3) is 5.91 Å². The summed E-state index contributed by atoms with van der Waals surface area (Å²) >= 11 is 0. The predicted molar refractivity (Wildman–Crippen MR) is 106 cm³/mol. The molecule has 7 nitrogen and oxygen atoms in total. The summed E-state index contributed by atoms with van der Waals surface area (Å²) in [5.74, 6) is -1.08. The minimum atomic E-state index is -0.545. The molecule has 1 aromatic rings. The summed E-state index contributed by atoms with van der Waals surface area (Å²) in [7, 11) is 0. The van der Waals surface area contributed by atoms with Crippen LogP contribution in [0.15, 0.2) is 24.3 Å². The van der Waals surface area contributed by atoms with E-state index in [0.717, 1.165) is 12.0 Å². The smallest absolute Gasteiger partial charge is 0.410 e. The highest BCUT2D eigenvalue weighted by atomic mass is 16.6. The summed E-state index contributed by atoms with van der Waals surface area (Å²) in [5.41, 5.74) is 1.26. The van der Waals surface area contributed by atoms with E-state index < -0.39 is 11.6 Å². The van der Waals surface area contributed by atoms with E-state index in [0.29, 0.717) is 31.6 Å². The lowest BCUT2D eigenvalue weighted by molar-refractivity contribution is -0.153. The fraction of sp³-hybridized carbons (Fsp3) is 0.571. The van der Waals surface area contributed by atoms with E-state index in [4.69, 9.17) is 9.47 Å². The van der Waals surface area contributed by atoms with Crippen LogP contribution in [0.3, 0.4) is 0 Å². The number of amides is 2. The van der Waals surface area contributed by atoms with Gasteiger partial charge in [0.05, 0.1) is 5.92 Å². The van der Waals surface area contributed by atoms with E-state index in [1.807, 2.05) is 45.9 Å². The Labute approximate surface area is 166 Å². The molecule has 0 saturated carbocycles. The molecule has 154 valence electrons. The number of esters is 1. The Morgan fingerprint density at radius 2 is 1.86 bits per heavy atom. The average Bonchev–Trinajstić information content (AvgIpc) is 2.65. The Morgan fingerprint density at radius 3 is 2.46 bits per heavy atom. The minimum Gasteiger partial charge on any atom is -0.455 e. The lowest BCUT2D eigenvalue weighted by Crippen LogP contribution is -2.43. The van der Waals surface area contributed by atoms with E-state index in [2.05, 4.69) is 5.32 Å². The molecule has 0 unspecified atom stereocenters. The van der Waals surface area contributed by atoms with Crippen molar-refractivity contribution in [2.24, 2.45) is 5.92 Å². The topological polar surface area (TPSA) is 84.9 Å². The molecule has 1 aliphatic rings. The molecule has 2 rings (SSSR count). The lowest BCUT2D eigenvalue weighted by atomic mass is 9.97. The molecule has 0 aromatic heterocycles. The Bertz CT molecular complexity index is 703. The van der Waals surface area contributed by atoms with Crippen LogP contribution in [0.2, 0.25) is 0 Å². The van der Waals surface area contributed by atoms with Gasteiger partial charge < -0.3 is 19.7 Å². The summed E-state index contributed by atoms with van der Waals surface area (Å²) in [6.45, 7) is 8.05. The molecule has 1 N–H and O–H groups in total. The standard InChI is InChI=1S/C21H30N2O5/c1-5-15-7-6-8-17(13-15)22-18(24)14-27-19(25)16-9-11-23(12-10-16)20(26)28-21(2,3)4/h6-8,13,16H,5,9-12,14H2,1-4H3,(H,22,24). The van der Waals surface area contributed by atoms with Crippen LogP contribution in [0.4, 0.5) is 10.5 Å². The van der Waals surface area contributed by atoms with Crippen molar-refractivity contribution in [3.63, 3.8) is 0 Å². The number of hydrogen-bond donors (Lipinski definition) is 1. The van der Waals surface area contributed by atoms with Crippen molar-refractivity contribution in [1.29, 1.82) is 0 Å². The number of carbonyl (C=O) groups is 3. The number of anilines is 1. The third-order valence-electron chi connectivity index (χ3n) is 4.44. The third kappa shape index (κ3) is 6.87. The van der Waals surface area contributed by atoms with Crippen LogP contribution in [0.1, 0.15) is 46.1 Å². The molecule has 1 saturated heterocycles. The number of nitrogens with one attached hydrogen (secondary N) is 1. The molecule has 0 atom stereocenters. The molecule has 1 aliphatic heterocycles. The van der Waals surface area contributed by atoms with Crippen molar-refractivity contribution in [3.05, 3.63) is 29.8 Å². The largest absolute Gasteiger partial charge is 0.455 e. The fourth-order valence-corrected chi connectivity index (χ4v) is 2.94. The van der Waals surface area contributed by atoms with E-state index >= 15 is 0 Å². The summed E-state index contributed by atoms with van der Waals surface area (Å²) in [6.07, 6.45) is 1.50. The van der Waals surface area contributed by atoms with Crippen LogP contribution in [-0.4, -0.2) is 48.2 Å². The molecule has 0 radical (unpaired) electrons. The number of aryl methyl sites for hydroxylation is 1. The van der Waals surface area contributed by atoms with Gasteiger partial charge in [-0.15, -0.1) is 0 Å². The quantitative estimate of drug-likeness (QED) is 0.779. The number of hydrogen-bond acceptors (Lipinski definition) is 5. The van der Waals surface area contributed by atoms with Crippen LogP contribution < -0.4 is 5.32 Å². The van der Waals surface area contributed by atoms with Gasteiger partial charge in [-0.05, 0) is 57.7 Å². The molecule has 0 aliphatic carbocycles. The van der Waals surface area contributed by atoms with Crippen molar-refractivity contribution in [1.82, 2.24) is 4.90 Å². The van der Waals surface area contributed by atoms with Gasteiger partial charge in [0.1, 0.15) is 5.60 Å². The predicted octanol–water partition coefficient (Wildman–Crippen LogP) is 3.38. The minimum absolute atomic E-state index is 0.310. The normalized spacial score (nSPS) is 15.1. The van der Waals surface area contributed by atoms with Gasteiger partial charge in [-0.25, -0.2) is 4.79 Å². The second kappa shape index (κ2) is 9.57. The highest BCUT2D eigenvalue weighted by Crippen LogP contribution is 2.21. The Morgan fingerprint density at radius 1 is 1.18 bits per heavy atom. The summed E-state index contributed by atoms with van der Waals surface area (Å²) in [6, 6.07) is 7.55.